The van der Waals surface area contributed by atoms with Gasteiger partial charge in [0.2, 0.25) is 0 Å². The lowest BCUT2D eigenvalue weighted by atomic mass is 9.68. The van der Waals surface area contributed by atoms with Gasteiger partial charge in [-0.2, -0.15) is 0 Å². The molecule has 0 spiro atoms. The largest absolute Gasteiger partial charge is 0.396 e. The molecular weight excluding hydrogens is 172 g/mol. The first-order valence-electron chi connectivity index (χ1n) is 6.49. The lowest BCUT2D eigenvalue weighted by molar-refractivity contribution is 0.0718. The molecule has 1 N–H and O–H groups in total. The average molecular weight is 192 g/mol. The minimum absolute atomic E-state index is 0.474. The van der Waals surface area contributed by atoms with Gasteiger partial charge in [0.05, 0.1) is 0 Å². The maximum Gasteiger partial charge on any atom is 0.0462 e. The van der Waals surface area contributed by atoms with Crippen LogP contribution >= 0.6 is 0 Å². The highest BCUT2D eigenvalue weighted by Crippen LogP contribution is 2.68. The van der Waals surface area contributed by atoms with Gasteiger partial charge in [-0.3, -0.25) is 0 Å². The first kappa shape index (κ1) is 8.15. The fourth-order valence-corrected chi connectivity index (χ4v) is 5.91. The normalized spacial score (nSPS) is 63.6. The Morgan fingerprint density at radius 3 is 2.43 bits per heavy atom. The van der Waals surface area contributed by atoms with Crippen molar-refractivity contribution in [3.63, 3.8) is 0 Å². The fourth-order valence-electron chi connectivity index (χ4n) is 5.91. The molecule has 7 atom stereocenters. The minimum Gasteiger partial charge on any atom is -0.396 e. The van der Waals surface area contributed by atoms with Gasteiger partial charge in [0.15, 0.2) is 0 Å². The summed E-state index contributed by atoms with van der Waals surface area (Å²) in [5, 5.41) is 9.38. The van der Waals surface area contributed by atoms with Crippen LogP contribution in [0.15, 0.2) is 0 Å². The van der Waals surface area contributed by atoms with Crippen molar-refractivity contribution < 1.29 is 5.11 Å². The van der Waals surface area contributed by atoms with E-state index in [9.17, 15) is 5.11 Å². The van der Waals surface area contributed by atoms with Gasteiger partial charge in [-0.25, -0.2) is 0 Å². The van der Waals surface area contributed by atoms with Gasteiger partial charge in [0, 0.05) is 6.61 Å². The summed E-state index contributed by atoms with van der Waals surface area (Å²) in [6.07, 6.45) is 7.46. The van der Waals surface area contributed by atoms with Crippen molar-refractivity contribution in [2.45, 2.75) is 32.1 Å². The third-order valence-electron chi connectivity index (χ3n) is 6.11. The van der Waals surface area contributed by atoms with Crippen LogP contribution in [0.1, 0.15) is 32.1 Å². The van der Waals surface area contributed by atoms with Crippen LogP contribution in [0.2, 0.25) is 0 Å². The number of aliphatic hydroxyl groups excluding tert-OH is 1. The number of aliphatic hydroxyl groups is 1. The summed E-state index contributed by atoms with van der Waals surface area (Å²) < 4.78 is 0. The zero-order valence-electron chi connectivity index (χ0n) is 8.73. The van der Waals surface area contributed by atoms with Crippen LogP contribution in [-0.4, -0.2) is 11.7 Å². The summed E-state index contributed by atoms with van der Waals surface area (Å²) in [5.41, 5.74) is 0. The van der Waals surface area contributed by atoms with E-state index in [1.807, 2.05) is 0 Å². The van der Waals surface area contributed by atoms with E-state index < -0.39 is 0 Å². The maximum absolute atomic E-state index is 9.38. The predicted molar refractivity (Wildman–Crippen MR) is 54.6 cm³/mol. The second kappa shape index (κ2) is 2.55. The summed E-state index contributed by atoms with van der Waals surface area (Å²) >= 11 is 0. The molecule has 4 fully saturated rings. The molecule has 6 unspecified atom stereocenters. The van der Waals surface area contributed by atoms with E-state index in [0.717, 1.165) is 35.5 Å². The summed E-state index contributed by atoms with van der Waals surface area (Å²) in [7, 11) is 0. The van der Waals surface area contributed by atoms with Gasteiger partial charge in [0.1, 0.15) is 0 Å². The Morgan fingerprint density at radius 2 is 1.64 bits per heavy atom. The molecule has 0 amide bonds. The van der Waals surface area contributed by atoms with Crippen molar-refractivity contribution in [1.29, 1.82) is 0 Å². The highest BCUT2D eigenvalue weighted by atomic mass is 16.3. The molecule has 0 saturated heterocycles. The number of hydrogen-bond donors (Lipinski definition) is 1. The summed E-state index contributed by atoms with van der Waals surface area (Å²) in [6.45, 7) is 0.474. The molecule has 0 aromatic rings. The summed E-state index contributed by atoms with van der Waals surface area (Å²) in [4.78, 5) is 0. The van der Waals surface area contributed by atoms with Crippen molar-refractivity contribution in [2.75, 3.05) is 6.61 Å². The van der Waals surface area contributed by atoms with Crippen molar-refractivity contribution in [3.8, 4) is 0 Å². The Bertz CT molecular complexity index is 262. The van der Waals surface area contributed by atoms with Crippen LogP contribution in [0.5, 0.6) is 0 Å². The van der Waals surface area contributed by atoms with Crippen LogP contribution in [0, 0.1) is 41.4 Å². The van der Waals surface area contributed by atoms with Gasteiger partial charge in [-0.1, -0.05) is 0 Å². The molecule has 4 bridgehead atoms. The molecule has 14 heavy (non-hydrogen) atoms. The Balaban J connectivity index is 1.68. The molecule has 0 aromatic heterocycles. The third-order valence-corrected chi connectivity index (χ3v) is 6.11. The minimum atomic E-state index is 0.474. The molecule has 4 saturated carbocycles. The Labute approximate surface area is 85.9 Å². The van der Waals surface area contributed by atoms with Crippen molar-refractivity contribution in [2.24, 2.45) is 41.4 Å². The maximum atomic E-state index is 9.38. The van der Waals surface area contributed by atoms with Gasteiger partial charge in [-0.05, 0) is 73.5 Å². The SMILES string of the molecule is OCC1CC2C[C@H]1C1C3CCC(C3)C21. The molecule has 78 valence electrons. The smallest absolute Gasteiger partial charge is 0.0462 e. The highest BCUT2D eigenvalue weighted by molar-refractivity contribution is 5.10. The molecule has 0 aliphatic heterocycles. The van der Waals surface area contributed by atoms with Crippen LogP contribution in [0.4, 0.5) is 0 Å². The van der Waals surface area contributed by atoms with Gasteiger partial charge < -0.3 is 5.11 Å². The van der Waals surface area contributed by atoms with Gasteiger partial charge in [0.25, 0.3) is 0 Å². The lowest BCUT2D eigenvalue weighted by Gasteiger charge is -2.38. The zero-order valence-corrected chi connectivity index (χ0v) is 8.73. The molecule has 4 aliphatic rings. The molecule has 4 rings (SSSR count). The van der Waals surface area contributed by atoms with E-state index in [4.69, 9.17) is 0 Å². The van der Waals surface area contributed by atoms with E-state index in [-0.39, 0.29) is 0 Å². The Morgan fingerprint density at radius 1 is 0.857 bits per heavy atom. The summed E-state index contributed by atoms with van der Waals surface area (Å²) in [5.74, 6) is 7.02. The van der Waals surface area contributed by atoms with E-state index in [1.54, 1.807) is 12.8 Å². The molecule has 0 aromatic carbocycles. The highest BCUT2D eigenvalue weighted by Gasteiger charge is 2.61. The van der Waals surface area contributed by atoms with Crippen LogP contribution in [-0.2, 0) is 0 Å². The lowest BCUT2D eigenvalue weighted by Crippen LogP contribution is -2.33. The molecule has 1 nitrogen and oxygen atoms in total. The van der Waals surface area contributed by atoms with E-state index >= 15 is 0 Å². The van der Waals surface area contributed by atoms with Crippen LogP contribution < -0.4 is 0 Å². The van der Waals surface area contributed by atoms with Gasteiger partial charge >= 0.3 is 0 Å². The third kappa shape index (κ3) is 0.778. The van der Waals surface area contributed by atoms with Crippen LogP contribution in [0.25, 0.3) is 0 Å². The van der Waals surface area contributed by atoms with E-state index in [2.05, 4.69) is 0 Å². The van der Waals surface area contributed by atoms with E-state index in [0.29, 0.717) is 12.5 Å². The van der Waals surface area contributed by atoms with E-state index in [1.165, 1.54) is 19.3 Å². The van der Waals surface area contributed by atoms with Crippen molar-refractivity contribution in [3.05, 3.63) is 0 Å². The van der Waals surface area contributed by atoms with Gasteiger partial charge in [-0.15, -0.1) is 0 Å². The van der Waals surface area contributed by atoms with Crippen molar-refractivity contribution >= 4 is 0 Å². The molecule has 0 radical (unpaired) electrons. The molecule has 4 aliphatic carbocycles. The molecular formula is C13H20O. The number of fused-ring (bicyclic) bond motifs is 9. The predicted octanol–water partition coefficient (Wildman–Crippen LogP) is 2.30. The monoisotopic (exact) mass is 192 g/mol. The number of hydrogen-bond acceptors (Lipinski definition) is 1. The quantitative estimate of drug-likeness (QED) is 0.632. The Hall–Kier alpha value is -0.0400. The first-order valence-corrected chi connectivity index (χ1v) is 6.49. The summed E-state index contributed by atoms with van der Waals surface area (Å²) in [6, 6.07) is 0. The molecule has 0 heterocycles. The second-order valence-electron chi connectivity index (χ2n) is 6.33. The zero-order chi connectivity index (χ0) is 9.28. The average Bonchev–Trinajstić information content (AvgIpc) is 2.94. The first-order chi connectivity index (χ1) is 6.88. The molecule has 1 heteroatoms. The second-order valence-corrected chi connectivity index (χ2v) is 6.33. The standard InChI is InChI=1S/C13H20O/c14-6-10-4-9-5-11(10)13-8-2-1-7(3-8)12(9)13/h7-14H,1-6H2/t7?,8?,9?,10?,11-,12?,13?/m1/s1. The Kier molecular flexibility index (Phi) is 1.49. The fraction of sp³-hybridized carbons (Fsp3) is 1.00. The van der Waals surface area contributed by atoms with Crippen LogP contribution in [0.3, 0.4) is 0 Å². The topological polar surface area (TPSA) is 20.2 Å². The van der Waals surface area contributed by atoms with Crippen molar-refractivity contribution in [1.82, 2.24) is 0 Å². The number of rotatable bonds is 1.